The number of hydrogen-bond acceptors (Lipinski definition) is 6. The average molecular weight is 250 g/mol. The van der Waals surface area contributed by atoms with Gasteiger partial charge in [-0.25, -0.2) is 9.78 Å². The Kier molecular flexibility index (Phi) is 4.09. The molecule has 0 aromatic carbocycles. The van der Waals surface area contributed by atoms with E-state index < -0.39 is 5.97 Å². The highest BCUT2D eigenvalue weighted by molar-refractivity contribution is 5.87. The lowest BCUT2D eigenvalue weighted by molar-refractivity contribution is 0.0593. The Morgan fingerprint density at radius 1 is 1.61 bits per heavy atom. The third-order valence-corrected chi connectivity index (χ3v) is 3.06. The summed E-state index contributed by atoms with van der Waals surface area (Å²) in [4.78, 5) is 21.7. The summed E-state index contributed by atoms with van der Waals surface area (Å²) in [5, 5.41) is 3.42. The fourth-order valence-electron chi connectivity index (χ4n) is 2.08. The van der Waals surface area contributed by atoms with Crippen molar-refractivity contribution in [1.29, 1.82) is 0 Å². The van der Waals surface area contributed by atoms with Gasteiger partial charge in [-0.2, -0.15) is 0 Å². The molecule has 1 aliphatic heterocycles. The third-order valence-electron chi connectivity index (χ3n) is 3.06. The number of likely N-dealkylation sites (N-methyl/N-ethyl adjacent to an activating group) is 1. The van der Waals surface area contributed by atoms with Crippen LogP contribution in [0.1, 0.15) is 23.3 Å². The topological polar surface area (TPSA) is 67.3 Å². The molecule has 2 rings (SSSR count). The Labute approximate surface area is 106 Å². The summed E-state index contributed by atoms with van der Waals surface area (Å²) in [6.45, 7) is 1.94. The summed E-state index contributed by atoms with van der Waals surface area (Å²) >= 11 is 0. The fraction of sp³-hybridized carbons (Fsp3) is 0.583. The lowest BCUT2D eigenvalue weighted by Gasteiger charge is -2.22. The zero-order valence-corrected chi connectivity index (χ0v) is 10.7. The maximum atomic E-state index is 11.4. The highest BCUT2D eigenvalue weighted by Crippen LogP contribution is 2.12. The molecule has 0 bridgehead atoms. The molecule has 1 aliphatic rings. The molecule has 98 valence electrons. The number of carbonyl (C=O) groups excluding carboxylic acids is 1. The number of anilines is 1. The molecule has 1 aromatic rings. The predicted molar refractivity (Wildman–Crippen MR) is 67.7 cm³/mol. The first-order chi connectivity index (χ1) is 8.70. The van der Waals surface area contributed by atoms with E-state index in [-0.39, 0.29) is 5.69 Å². The van der Waals surface area contributed by atoms with Crippen molar-refractivity contribution < 1.29 is 9.53 Å². The lowest BCUT2D eigenvalue weighted by Crippen LogP contribution is -2.35. The van der Waals surface area contributed by atoms with E-state index in [0.717, 1.165) is 13.1 Å². The molecule has 1 aromatic heterocycles. The van der Waals surface area contributed by atoms with Gasteiger partial charge in [-0.3, -0.25) is 4.98 Å². The summed E-state index contributed by atoms with van der Waals surface area (Å²) in [6, 6.07) is 0.485. The van der Waals surface area contributed by atoms with Gasteiger partial charge in [-0.1, -0.05) is 0 Å². The molecule has 1 N–H and O–H groups in total. The Hall–Kier alpha value is -1.69. The zero-order chi connectivity index (χ0) is 13.0. The smallest absolute Gasteiger partial charge is 0.358 e. The van der Waals surface area contributed by atoms with Crippen molar-refractivity contribution >= 4 is 11.8 Å². The van der Waals surface area contributed by atoms with Gasteiger partial charge >= 0.3 is 5.97 Å². The van der Waals surface area contributed by atoms with Crippen LogP contribution in [-0.4, -0.2) is 49.2 Å². The molecular formula is C12H18N4O2. The normalized spacial score (nSPS) is 18.7. The predicted octanol–water partition coefficient (Wildman–Crippen LogP) is 0.451. The Balaban J connectivity index is 2.04. The van der Waals surface area contributed by atoms with Gasteiger partial charge in [0.1, 0.15) is 5.82 Å². The Morgan fingerprint density at radius 3 is 3.11 bits per heavy atom. The van der Waals surface area contributed by atoms with Gasteiger partial charge in [0.05, 0.1) is 19.5 Å². The molecule has 0 spiro atoms. The number of carbonyl (C=O) groups is 1. The van der Waals surface area contributed by atoms with Crippen molar-refractivity contribution in [2.45, 2.75) is 18.9 Å². The van der Waals surface area contributed by atoms with Crippen molar-refractivity contribution in [3.8, 4) is 0 Å². The summed E-state index contributed by atoms with van der Waals surface area (Å²) in [5.74, 6) is 0.225. The number of esters is 1. The van der Waals surface area contributed by atoms with E-state index in [1.54, 1.807) is 6.20 Å². The molecule has 2 heterocycles. The minimum atomic E-state index is -0.461. The average Bonchev–Trinajstić information content (AvgIpc) is 2.90. The van der Waals surface area contributed by atoms with Crippen molar-refractivity contribution in [2.24, 2.45) is 0 Å². The quantitative estimate of drug-likeness (QED) is 0.783. The maximum absolute atomic E-state index is 11.4. The van der Waals surface area contributed by atoms with Gasteiger partial charge in [0.25, 0.3) is 0 Å². The van der Waals surface area contributed by atoms with Crippen LogP contribution in [0.15, 0.2) is 12.4 Å². The van der Waals surface area contributed by atoms with Crippen LogP contribution in [0.25, 0.3) is 0 Å². The molecule has 6 nitrogen and oxygen atoms in total. The monoisotopic (exact) mass is 250 g/mol. The summed E-state index contributed by atoms with van der Waals surface area (Å²) in [6.07, 6.45) is 5.46. The molecule has 0 amide bonds. The van der Waals surface area contributed by atoms with E-state index in [1.807, 2.05) is 11.9 Å². The summed E-state index contributed by atoms with van der Waals surface area (Å²) < 4.78 is 4.63. The zero-order valence-electron chi connectivity index (χ0n) is 10.7. The van der Waals surface area contributed by atoms with Gasteiger partial charge in [-0.05, 0) is 19.4 Å². The first kappa shape index (κ1) is 12.8. The number of ether oxygens (including phenoxy) is 1. The molecule has 18 heavy (non-hydrogen) atoms. The Bertz CT molecular complexity index is 418. The van der Waals surface area contributed by atoms with E-state index in [4.69, 9.17) is 0 Å². The van der Waals surface area contributed by atoms with Crippen LogP contribution in [-0.2, 0) is 4.74 Å². The Morgan fingerprint density at radius 2 is 2.44 bits per heavy atom. The van der Waals surface area contributed by atoms with Crippen LogP contribution in [0.3, 0.4) is 0 Å². The van der Waals surface area contributed by atoms with Gasteiger partial charge in [0, 0.05) is 19.6 Å². The molecule has 1 unspecified atom stereocenters. The minimum Gasteiger partial charge on any atom is -0.464 e. The molecule has 0 saturated carbocycles. The number of hydrogen-bond donors (Lipinski definition) is 1. The number of nitrogens with zero attached hydrogens (tertiary/aromatic N) is 3. The summed E-state index contributed by atoms with van der Waals surface area (Å²) in [5.41, 5.74) is 0.237. The van der Waals surface area contributed by atoms with Crippen LogP contribution in [0.5, 0.6) is 0 Å². The maximum Gasteiger partial charge on any atom is 0.358 e. The second-order valence-electron chi connectivity index (χ2n) is 4.43. The second-order valence-corrected chi connectivity index (χ2v) is 4.43. The van der Waals surface area contributed by atoms with E-state index in [0.29, 0.717) is 11.9 Å². The molecule has 0 aliphatic carbocycles. The molecule has 1 fully saturated rings. The van der Waals surface area contributed by atoms with Gasteiger partial charge in [0.2, 0.25) is 0 Å². The largest absolute Gasteiger partial charge is 0.464 e. The second kappa shape index (κ2) is 5.77. The lowest BCUT2D eigenvalue weighted by atomic mass is 10.2. The number of methoxy groups -OCH3 is 1. The standard InChI is InChI=1S/C12H18N4O2/c1-16(8-9-4-3-5-14-9)11-7-13-6-10(15-11)12(17)18-2/h6-7,9,14H,3-5,8H2,1-2H3. The molecular weight excluding hydrogens is 232 g/mol. The third kappa shape index (κ3) is 2.95. The van der Waals surface area contributed by atoms with Crippen molar-refractivity contribution in [2.75, 3.05) is 32.1 Å². The van der Waals surface area contributed by atoms with E-state index in [1.165, 1.54) is 26.1 Å². The SMILES string of the molecule is COC(=O)c1cncc(N(C)CC2CCCN2)n1. The van der Waals surface area contributed by atoms with Gasteiger partial charge < -0.3 is 15.0 Å². The number of aromatic nitrogens is 2. The van der Waals surface area contributed by atoms with Gasteiger partial charge in [0.15, 0.2) is 5.69 Å². The van der Waals surface area contributed by atoms with E-state index in [2.05, 4.69) is 20.0 Å². The molecule has 6 heteroatoms. The first-order valence-corrected chi connectivity index (χ1v) is 6.05. The van der Waals surface area contributed by atoms with E-state index in [9.17, 15) is 4.79 Å². The number of nitrogens with one attached hydrogen (secondary N) is 1. The van der Waals surface area contributed by atoms with Crippen molar-refractivity contribution in [1.82, 2.24) is 15.3 Å². The minimum absolute atomic E-state index is 0.237. The first-order valence-electron chi connectivity index (χ1n) is 6.05. The van der Waals surface area contributed by atoms with Crippen molar-refractivity contribution in [3.63, 3.8) is 0 Å². The number of rotatable bonds is 4. The van der Waals surface area contributed by atoms with Crippen LogP contribution >= 0.6 is 0 Å². The molecule has 0 radical (unpaired) electrons. The highest BCUT2D eigenvalue weighted by atomic mass is 16.5. The van der Waals surface area contributed by atoms with Gasteiger partial charge in [-0.15, -0.1) is 0 Å². The van der Waals surface area contributed by atoms with Crippen LogP contribution < -0.4 is 10.2 Å². The molecule has 1 atom stereocenters. The summed E-state index contributed by atoms with van der Waals surface area (Å²) in [7, 11) is 3.29. The van der Waals surface area contributed by atoms with Crippen molar-refractivity contribution in [3.05, 3.63) is 18.1 Å². The van der Waals surface area contributed by atoms with E-state index >= 15 is 0 Å². The highest BCUT2D eigenvalue weighted by Gasteiger charge is 2.17. The fourth-order valence-corrected chi connectivity index (χ4v) is 2.08. The molecule has 1 saturated heterocycles. The van der Waals surface area contributed by atoms with Crippen LogP contribution in [0.2, 0.25) is 0 Å². The van der Waals surface area contributed by atoms with Crippen LogP contribution in [0.4, 0.5) is 5.82 Å². The van der Waals surface area contributed by atoms with Crippen LogP contribution in [0, 0.1) is 0 Å².